The molecule has 0 heterocycles. The van der Waals surface area contributed by atoms with Crippen LogP contribution in [0.25, 0.3) is 0 Å². The van der Waals surface area contributed by atoms with Crippen LogP contribution in [0.4, 0.5) is 0 Å². The van der Waals surface area contributed by atoms with Crippen LogP contribution < -0.4 is 25.4 Å². The topological polar surface area (TPSA) is 76.0 Å². The van der Waals surface area contributed by atoms with E-state index in [-0.39, 0.29) is 11.5 Å². The standard InChI is InChI=1S/C30H23O5P/c31-22-6-10-24(11-7-22)34-26-14-18-29(19-15-26)36(33,28-4-2-1-3-5-28)30-20-16-27(17-21-30)35-25-12-8-23(32)9-13-25/h1-21,31-32H. The van der Waals surface area contributed by atoms with Gasteiger partial charge in [0.1, 0.15) is 34.5 Å². The lowest BCUT2D eigenvalue weighted by atomic mass is 10.3. The van der Waals surface area contributed by atoms with Gasteiger partial charge in [0.2, 0.25) is 0 Å². The number of ether oxygens (including phenoxy) is 2. The van der Waals surface area contributed by atoms with Gasteiger partial charge in [0, 0.05) is 15.9 Å². The molecule has 5 nitrogen and oxygen atoms in total. The maximum Gasteiger partial charge on any atom is 0.171 e. The Kier molecular flexibility index (Phi) is 6.48. The molecule has 0 aliphatic carbocycles. The number of benzene rings is 5. The Bertz CT molecular complexity index is 1380. The van der Waals surface area contributed by atoms with E-state index in [0.717, 1.165) is 5.30 Å². The van der Waals surface area contributed by atoms with Crippen molar-refractivity contribution in [1.82, 2.24) is 0 Å². The molecule has 0 radical (unpaired) electrons. The Morgan fingerprint density at radius 3 is 1.08 bits per heavy atom. The second-order valence-electron chi connectivity index (χ2n) is 8.12. The molecule has 0 atom stereocenters. The van der Waals surface area contributed by atoms with Gasteiger partial charge in [-0.2, -0.15) is 0 Å². The summed E-state index contributed by atoms with van der Waals surface area (Å²) in [5.41, 5.74) is 0. The molecule has 5 aromatic carbocycles. The summed E-state index contributed by atoms with van der Waals surface area (Å²) in [7, 11) is -3.17. The Labute approximate surface area is 209 Å². The lowest BCUT2D eigenvalue weighted by Crippen LogP contribution is -2.24. The predicted octanol–water partition coefficient (Wildman–Crippen LogP) is 6.32. The van der Waals surface area contributed by atoms with E-state index in [4.69, 9.17) is 9.47 Å². The highest BCUT2D eigenvalue weighted by atomic mass is 31.2. The molecule has 0 saturated heterocycles. The number of aromatic hydroxyl groups is 2. The molecule has 0 aliphatic rings. The van der Waals surface area contributed by atoms with E-state index in [2.05, 4.69) is 0 Å². The minimum Gasteiger partial charge on any atom is -0.508 e. The van der Waals surface area contributed by atoms with Crippen molar-refractivity contribution in [3.05, 3.63) is 127 Å². The normalized spacial score (nSPS) is 11.1. The van der Waals surface area contributed by atoms with Crippen molar-refractivity contribution < 1.29 is 24.3 Å². The molecule has 5 rings (SSSR count). The molecule has 36 heavy (non-hydrogen) atoms. The summed E-state index contributed by atoms with van der Waals surface area (Å²) >= 11 is 0. The van der Waals surface area contributed by atoms with Gasteiger partial charge in [0.15, 0.2) is 7.14 Å². The smallest absolute Gasteiger partial charge is 0.171 e. The minimum absolute atomic E-state index is 0.168. The average molecular weight is 494 g/mol. The molecule has 0 unspecified atom stereocenters. The molecule has 178 valence electrons. The van der Waals surface area contributed by atoms with Gasteiger partial charge < -0.3 is 24.3 Å². The summed E-state index contributed by atoms with van der Waals surface area (Å²) in [5.74, 6) is 2.72. The fourth-order valence-corrected chi connectivity index (χ4v) is 6.46. The van der Waals surface area contributed by atoms with Gasteiger partial charge >= 0.3 is 0 Å². The summed E-state index contributed by atoms with van der Waals surface area (Å²) in [6.07, 6.45) is 0. The molecule has 0 fully saturated rings. The fourth-order valence-electron chi connectivity index (χ4n) is 3.83. The quantitative estimate of drug-likeness (QED) is 0.259. The van der Waals surface area contributed by atoms with Gasteiger partial charge in [-0.25, -0.2) is 0 Å². The first-order valence-electron chi connectivity index (χ1n) is 11.3. The summed E-state index contributed by atoms with van der Waals surface area (Å²) in [5, 5.41) is 21.0. The van der Waals surface area contributed by atoms with Crippen LogP contribution >= 0.6 is 7.14 Å². The van der Waals surface area contributed by atoms with Gasteiger partial charge in [-0.1, -0.05) is 30.3 Å². The molecular formula is C30H23O5P. The third-order valence-electron chi connectivity index (χ3n) is 5.67. The van der Waals surface area contributed by atoms with Gasteiger partial charge in [-0.3, -0.25) is 0 Å². The lowest BCUT2D eigenvalue weighted by molar-refractivity contribution is 0.464. The van der Waals surface area contributed by atoms with Gasteiger partial charge in [-0.05, 0) is 97.1 Å². The average Bonchev–Trinajstić information content (AvgIpc) is 2.92. The van der Waals surface area contributed by atoms with Gasteiger partial charge in [0.25, 0.3) is 0 Å². The van der Waals surface area contributed by atoms with Crippen molar-refractivity contribution >= 4 is 23.1 Å². The number of phenolic OH excluding ortho intramolecular Hbond substituents is 2. The summed E-state index contributed by atoms with van der Waals surface area (Å²) < 4.78 is 26.4. The third-order valence-corrected chi connectivity index (χ3v) is 8.74. The van der Waals surface area contributed by atoms with Crippen LogP contribution in [0.15, 0.2) is 127 Å². The van der Waals surface area contributed by atoms with E-state index >= 15 is 0 Å². The van der Waals surface area contributed by atoms with E-state index in [9.17, 15) is 14.8 Å². The Balaban J connectivity index is 1.45. The minimum atomic E-state index is -3.17. The van der Waals surface area contributed by atoms with Crippen molar-refractivity contribution in [3.8, 4) is 34.5 Å². The molecule has 6 heteroatoms. The fraction of sp³-hybridized carbons (Fsp3) is 0. The van der Waals surface area contributed by atoms with E-state index in [1.807, 2.05) is 54.6 Å². The highest BCUT2D eigenvalue weighted by molar-refractivity contribution is 7.85. The molecule has 2 N–H and O–H groups in total. The first-order valence-corrected chi connectivity index (χ1v) is 13.0. The molecule has 0 aliphatic heterocycles. The largest absolute Gasteiger partial charge is 0.508 e. The zero-order chi connectivity index (χ0) is 25.0. The number of hydrogen-bond acceptors (Lipinski definition) is 5. The highest BCUT2D eigenvalue weighted by Gasteiger charge is 2.29. The zero-order valence-electron chi connectivity index (χ0n) is 19.2. The molecule has 0 aromatic heterocycles. The number of rotatable bonds is 7. The second-order valence-corrected chi connectivity index (χ2v) is 10.9. The van der Waals surface area contributed by atoms with Crippen molar-refractivity contribution in [2.45, 2.75) is 0 Å². The lowest BCUT2D eigenvalue weighted by Gasteiger charge is -2.20. The number of phenols is 2. The van der Waals surface area contributed by atoms with Crippen molar-refractivity contribution in [3.63, 3.8) is 0 Å². The first-order chi connectivity index (χ1) is 17.5. The molecule has 0 saturated carbocycles. The summed E-state index contributed by atoms with van der Waals surface area (Å²) in [6, 6.07) is 36.8. The van der Waals surface area contributed by atoms with Crippen LogP contribution in [0, 0.1) is 0 Å². The molecule has 5 aromatic rings. The van der Waals surface area contributed by atoms with Crippen LogP contribution in [0.5, 0.6) is 34.5 Å². The van der Waals surface area contributed by atoms with E-state index < -0.39 is 7.14 Å². The Morgan fingerprint density at radius 1 is 0.417 bits per heavy atom. The third kappa shape index (κ3) is 4.97. The van der Waals surface area contributed by atoms with Gasteiger partial charge in [-0.15, -0.1) is 0 Å². The molecule has 0 amide bonds. The van der Waals surface area contributed by atoms with Crippen molar-refractivity contribution in [1.29, 1.82) is 0 Å². The van der Waals surface area contributed by atoms with E-state index in [1.165, 1.54) is 0 Å². The Morgan fingerprint density at radius 2 is 0.722 bits per heavy atom. The molecular weight excluding hydrogens is 471 g/mol. The summed E-state index contributed by atoms with van der Waals surface area (Å²) in [4.78, 5) is 0. The van der Waals surface area contributed by atoms with Crippen LogP contribution in [0.2, 0.25) is 0 Å². The summed E-state index contributed by atoms with van der Waals surface area (Å²) in [6.45, 7) is 0. The zero-order valence-corrected chi connectivity index (χ0v) is 20.1. The highest BCUT2D eigenvalue weighted by Crippen LogP contribution is 2.43. The van der Waals surface area contributed by atoms with Crippen LogP contribution in [0.1, 0.15) is 0 Å². The van der Waals surface area contributed by atoms with Crippen LogP contribution in [-0.4, -0.2) is 10.2 Å². The van der Waals surface area contributed by atoms with Crippen LogP contribution in [0.3, 0.4) is 0 Å². The maximum absolute atomic E-state index is 14.7. The van der Waals surface area contributed by atoms with E-state index in [0.29, 0.717) is 33.6 Å². The molecule has 0 bridgehead atoms. The van der Waals surface area contributed by atoms with Crippen molar-refractivity contribution in [2.24, 2.45) is 0 Å². The Hall–Kier alpha value is -4.47. The SMILES string of the molecule is O=P(c1ccccc1)(c1ccc(Oc2ccc(O)cc2)cc1)c1ccc(Oc2ccc(O)cc2)cc1. The maximum atomic E-state index is 14.7. The van der Waals surface area contributed by atoms with Crippen molar-refractivity contribution in [2.75, 3.05) is 0 Å². The first kappa shape index (κ1) is 23.3. The second kappa shape index (κ2) is 10.0. The van der Waals surface area contributed by atoms with Crippen LogP contribution in [-0.2, 0) is 4.57 Å². The monoisotopic (exact) mass is 494 g/mol. The van der Waals surface area contributed by atoms with E-state index in [1.54, 1.807) is 72.8 Å². The van der Waals surface area contributed by atoms with Gasteiger partial charge in [0.05, 0.1) is 0 Å². The number of hydrogen-bond donors (Lipinski definition) is 2. The molecule has 0 spiro atoms. The predicted molar refractivity (Wildman–Crippen MR) is 142 cm³/mol.